The fourth-order valence-electron chi connectivity index (χ4n) is 2.84. The molecular formula is C19H18FN3O3. The van der Waals surface area contributed by atoms with Gasteiger partial charge in [0.05, 0.1) is 0 Å². The average molecular weight is 355 g/mol. The molecule has 1 atom stereocenters. The largest absolute Gasteiger partial charge is 0.344 e. The van der Waals surface area contributed by atoms with Crippen LogP contribution in [0.5, 0.6) is 0 Å². The molecule has 1 unspecified atom stereocenters. The number of hydrogen-bond donors (Lipinski definition) is 2. The fraction of sp³-hybridized carbons (Fsp3) is 0.211. The van der Waals surface area contributed by atoms with E-state index in [4.69, 9.17) is 0 Å². The smallest absolute Gasteiger partial charge is 0.318 e. The number of hydrogen-bond acceptors (Lipinski definition) is 3. The summed E-state index contributed by atoms with van der Waals surface area (Å²) in [4.78, 5) is 36.9. The average Bonchev–Trinajstić information content (AvgIpc) is 2.85. The molecule has 1 fully saturated rings. The minimum atomic E-state index is -1.24. The SMILES string of the molecule is CC1(c2ccccc2)NC(=O)N(NC(=O)CCc2cccc(F)c2)C1=O. The van der Waals surface area contributed by atoms with Crippen molar-refractivity contribution in [3.05, 3.63) is 71.5 Å². The molecule has 1 aliphatic rings. The Kier molecular flexibility index (Phi) is 4.71. The highest BCUT2D eigenvalue weighted by Crippen LogP contribution is 2.27. The van der Waals surface area contributed by atoms with Gasteiger partial charge in [0.25, 0.3) is 5.91 Å². The van der Waals surface area contributed by atoms with Crippen LogP contribution in [0.3, 0.4) is 0 Å². The van der Waals surface area contributed by atoms with Gasteiger partial charge >= 0.3 is 6.03 Å². The Morgan fingerprint density at radius 1 is 1.15 bits per heavy atom. The maximum atomic E-state index is 13.2. The molecule has 3 rings (SSSR count). The van der Waals surface area contributed by atoms with E-state index in [9.17, 15) is 18.8 Å². The molecule has 4 amide bonds. The summed E-state index contributed by atoms with van der Waals surface area (Å²) in [6, 6.07) is 14.0. The lowest BCUT2D eigenvalue weighted by Gasteiger charge is -2.22. The van der Waals surface area contributed by atoms with Gasteiger partial charge in [-0.1, -0.05) is 42.5 Å². The summed E-state index contributed by atoms with van der Waals surface area (Å²) in [5, 5.41) is 3.30. The van der Waals surface area contributed by atoms with E-state index in [1.807, 2.05) is 0 Å². The van der Waals surface area contributed by atoms with Gasteiger partial charge in [0.15, 0.2) is 0 Å². The molecule has 2 aromatic rings. The van der Waals surface area contributed by atoms with E-state index in [2.05, 4.69) is 10.7 Å². The van der Waals surface area contributed by atoms with E-state index in [1.54, 1.807) is 49.4 Å². The summed E-state index contributed by atoms with van der Waals surface area (Å²) in [7, 11) is 0. The first-order valence-corrected chi connectivity index (χ1v) is 8.16. The molecule has 1 saturated heterocycles. The molecule has 0 radical (unpaired) electrons. The molecular weight excluding hydrogens is 337 g/mol. The molecule has 2 aromatic carbocycles. The number of carbonyl (C=O) groups excluding carboxylic acids is 3. The molecule has 2 N–H and O–H groups in total. The number of amides is 4. The van der Waals surface area contributed by atoms with Crippen LogP contribution in [0.25, 0.3) is 0 Å². The van der Waals surface area contributed by atoms with Crippen molar-refractivity contribution in [2.75, 3.05) is 0 Å². The summed E-state index contributed by atoms with van der Waals surface area (Å²) in [5.74, 6) is -1.45. The molecule has 0 aromatic heterocycles. The van der Waals surface area contributed by atoms with E-state index < -0.39 is 23.4 Å². The second-order valence-corrected chi connectivity index (χ2v) is 6.23. The van der Waals surface area contributed by atoms with Crippen molar-refractivity contribution in [2.24, 2.45) is 0 Å². The summed E-state index contributed by atoms with van der Waals surface area (Å²) in [6.45, 7) is 1.58. The number of imide groups is 1. The van der Waals surface area contributed by atoms with E-state index in [0.717, 1.165) is 0 Å². The highest BCUT2D eigenvalue weighted by Gasteiger charge is 2.49. The van der Waals surface area contributed by atoms with Crippen LogP contribution in [0.15, 0.2) is 54.6 Å². The molecule has 1 aliphatic heterocycles. The zero-order chi connectivity index (χ0) is 18.7. The number of aryl methyl sites for hydroxylation is 1. The van der Waals surface area contributed by atoms with Gasteiger partial charge in [0.2, 0.25) is 5.91 Å². The van der Waals surface area contributed by atoms with Crippen molar-refractivity contribution < 1.29 is 18.8 Å². The lowest BCUT2D eigenvalue weighted by Crippen LogP contribution is -2.48. The Hall–Kier alpha value is -3.22. The maximum absolute atomic E-state index is 13.2. The third-order valence-electron chi connectivity index (χ3n) is 4.31. The van der Waals surface area contributed by atoms with Crippen LogP contribution in [-0.4, -0.2) is 22.9 Å². The zero-order valence-corrected chi connectivity index (χ0v) is 14.2. The first kappa shape index (κ1) is 17.6. The molecule has 6 nitrogen and oxygen atoms in total. The summed E-state index contributed by atoms with van der Waals surface area (Å²) in [6.07, 6.45) is 0.311. The number of urea groups is 1. The summed E-state index contributed by atoms with van der Waals surface area (Å²) in [5.41, 5.74) is 2.36. The molecule has 134 valence electrons. The minimum absolute atomic E-state index is 0.0164. The van der Waals surface area contributed by atoms with Gasteiger partial charge in [-0.05, 0) is 36.6 Å². The monoisotopic (exact) mass is 355 g/mol. The van der Waals surface area contributed by atoms with Crippen molar-refractivity contribution in [2.45, 2.75) is 25.3 Å². The standard InChI is InChI=1S/C19H18FN3O3/c1-19(14-7-3-2-4-8-14)17(25)23(18(26)21-19)22-16(24)11-10-13-6-5-9-15(20)12-13/h2-9,12H,10-11H2,1H3,(H,21,26)(H,22,24). The van der Waals surface area contributed by atoms with Gasteiger partial charge < -0.3 is 5.32 Å². The van der Waals surface area contributed by atoms with Crippen LogP contribution >= 0.6 is 0 Å². The van der Waals surface area contributed by atoms with Crippen molar-refractivity contribution in [3.8, 4) is 0 Å². The molecule has 0 aliphatic carbocycles. The topological polar surface area (TPSA) is 78.5 Å². The molecule has 0 saturated carbocycles. The quantitative estimate of drug-likeness (QED) is 0.808. The van der Waals surface area contributed by atoms with Crippen LogP contribution in [0.1, 0.15) is 24.5 Å². The van der Waals surface area contributed by atoms with Crippen LogP contribution in [0.2, 0.25) is 0 Å². The first-order chi connectivity index (χ1) is 12.4. The minimum Gasteiger partial charge on any atom is -0.318 e. The third kappa shape index (κ3) is 3.42. The number of nitrogens with one attached hydrogen (secondary N) is 2. The first-order valence-electron chi connectivity index (χ1n) is 8.16. The van der Waals surface area contributed by atoms with E-state index in [0.29, 0.717) is 22.6 Å². The molecule has 26 heavy (non-hydrogen) atoms. The van der Waals surface area contributed by atoms with Gasteiger partial charge in [-0.25, -0.2) is 9.18 Å². The van der Waals surface area contributed by atoms with Gasteiger partial charge in [-0.3, -0.25) is 15.0 Å². The molecule has 0 spiro atoms. The Morgan fingerprint density at radius 2 is 1.88 bits per heavy atom. The van der Waals surface area contributed by atoms with Crippen LogP contribution < -0.4 is 10.7 Å². The van der Waals surface area contributed by atoms with Crippen LogP contribution in [0.4, 0.5) is 9.18 Å². The van der Waals surface area contributed by atoms with Crippen molar-refractivity contribution in [1.82, 2.24) is 15.8 Å². The van der Waals surface area contributed by atoms with E-state index >= 15 is 0 Å². The number of rotatable bonds is 5. The third-order valence-corrected chi connectivity index (χ3v) is 4.31. The predicted octanol–water partition coefficient (Wildman–Crippen LogP) is 2.26. The van der Waals surface area contributed by atoms with Crippen LogP contribution in [-0.2, 0) is 21.5 Å². The zero-order valence-electron chi connectivity index (χ0n) is 14.2. The van der Waals surface area contributed by atoms with Gasteiger partial charge in [-0.2, -0.15) is 5.01 Å². The Labute approximate surface area is 150 Å². The maximum Gasteiger partial charge on any atom is 0.344 e. The van der Waals surface area contributed by atoms with E-state index in [1.165, 1.54) is 12.1 Å². The Bertz CT molecular complexity index is 856. The summed E-state index contributed by atoms with van der Waals surface area (Å²) < 4.78 is 13.2. The van der Waals surface area contributed by atoms with Crippen LogP contribution in [0, 0.1) is 5.82 Å². The normalized spacial score (nSPS) is 19.4. The fourth-order valence-corrected chi connectivity index (χ4v) is 2.84. The highest BCUT2D eigenvalue weighted by molar-refractivity contribution is 6.08. The Morgan fingerprint density at radius 3 is 2.58 bits per heavy atom. The lowest BCUT2D eigenvalue weighted by atomic mass is 9.92. The van der Waals surface area contributed by atoms with Gasteiger partial charge in [-0.15, -0.1) is 0 Å². The summed E-state index contributed by atoms with van der Waals surface area (Å²) >= 11 is 0. The van der Waals surface area contributed by atoms with Crippen molar-refractivity contribution >= 4 is 17.8 Å². The number of nitrogens with zero attached hydrogens (tertiary/aromatic N) is 1. The number of halogens is 1. The van der Waals surface area contributed by atoms with E-state index in [-0.39, 0.29) is 12.2 Å². The van der Waals surface area contributed by atoms with Gasteiger partial charge in [0.1, 0.15) is 11.4 Å². The lowest BCUT2D eigenvalue weighted by molar-refractivity contribution is -0.138. The van der Waals surface area contributed by atoms with Crippen molar-refractivity contribution in [3.63, 3.8) is 0 Å². The molecule has 1 heterocycles. The van der Waals surface area contributed by atoms with Crippen molar-refractivity contribution in [1.29, 1.82) is 0 Å². The second kappa shape index (κ2) is 6.95. The van der Waals surface area contributed by atoms with Gasteiger partial charge in [0, 0.05) is 6.42 Å². The predicted molar refractivity (Wildman–Crippen MR) is 92.0 cm³/mol. The molecule has 0 bridgehead atoms. The highest BCUT2D eigenvalue weighted by atomic mass is 19.1. The number of hydrazine groups is 1. The number of carbonyl (C=O) groups is 3. The second-order valence-electron chi connectivity index (χ2n) is 6.23. The number of benzene rings is 2. The molecule has 7 heteroatoms. The Balaban J connectivity index is 1.65.